The molecule has 3 aromatic heterocycles. The molecule has 0 aliphatic carbocycles. The maximum absolute atomic E-state index is 13.1. The first kappa shape index (κ1) is 11.8. The van der Waals surface area contributed by atoms with E-state index in [9.17, 15) is 8.78 Å². The SMILES string of the molecule is Cn1cc(-c2cc(C(F)F)c3cnn(C)c3n2)cn1. The van der Waals surface area contributed by atoms with Gasteiger partial charge in [0.15, 0.2) is 5.65 Å². The van der Waals surface area contributed by atoms with Gasteiger partial charge in [-0.25, -0.2) is 13.8 Å². The van der Waals surface area contributed by atoms with Gasteiger partial charge in [-0.05, 0) is 6.07 Å². The lowest BCUT2D eigenvalue weighted by Gasteiger charge is -2.05. The third-order valence-electron chi connectivity index (χ3n) is 2.97. The fourth-order valence-electron chi connectivity index (χ4n) is 2.02. The van der Waals surface area contributed by atoms with Crippen LogP contribution in [0.3, 0.4) is 0 Å². The lowest BCUT2D eigenvalue weighted by Crippen LogP contribution is -1.96. The number of aryl methyl sites for hydroxylation is 2. The van der Waals surface area contributed by atoms with Crippen molar-refractivity contribution in [1.29, 1.82) is 0 Å². The Kier molecular flexibility index (Phi) is 2.55. The molecule has 3 rings (SSSR count). The Morgan fingerprint density at radius 3 is 2.58 bits per heavy atom. The summed E-state index contributed by atoms with van der Waals surface area (Å²) in [7, 11) is 3.44. The molecule has 0 bridgehead atoms. The molecule has 0 fully saturated rings. The first-order chi connectivity index (χ1) is 9.06. The summed E-state index contributed by atoms with van der Waals surface area (Å²) in [5.74, 6) is 0. The van der Waals surface area contributed by atoms with Crippen molar-refractivity contribution in [3.63, 3.8) is 0 Å². The number of pyridine rings is 1. The van der Waals surface area contributed by atoms with Gasteiger partial charge in [-0.2, -0.15) is 10.2 Å². The van der Waals surface area contributed by atoms with Gasteiger partial charge in [-0.3, -0.25) is 9.36 Å². The van der Waals surface area contributed by atoms with Gasteiger partial charge >= 0.3 is 0 Å². The molecule has 0 aliphatic heterocycles. The molecule has 0 saturated carbocycles. The highest BCUT2D eigenvalue weighted by atomic mass is 19.3. The van der Waals surface area contributed by atoms with Crippen LogP contribution in [0.15, 0.2) is 24.7 Å². The average Bonchev–Trinajstić information content (AvgIpc) is 2.95. The number of rotatable bonds is 2. The lowest BCUT2D eigenvalue weighted by atomic mass is 10.1. The second kappa shape index (κ2) is 4.11. The Balaban J connectivity index is 2.29. The molecule has 0 amide bonds. The van der Waals surface area contributed by atoms with E-state index in [1.54, 1.807) is 31.2 Å². The fraction of sp³-hybridized carbons (Fsp3) is 0.250. The van der Waals surface area contributed by atoms with Gasteiger partial charge in [0.05, 0.1) is 18.1 Å². The number of halogens is 2. The van der Waals surface area contributed by atoms with Crippen LogP contribution in [-0.2, 0) is 14.1 Å². The predicted molar refractivity (Wildman–Crippen MR) is 65.7 cm³/mol. The summed E-state index contributed by atoms with van der Waals surface area (Å²) >= 11 is 0. The molecule has 3 heterocycles. The number of hydrogen-bond donors (Lipinski definition) is 0. The van der Waals surface area contributed by atoms with Gasteiger partial charge in [-0.15, -0.1) is 0 Å². The van der Waals surface area contributed by atoms with E-state index in [1.165, 1.54) is 16.9 Å². The fourth-order valence-corrected chi connectivity index (χ4v) is 2.02. The summed E-state index contributed by atoms with van der Waals surface area (Å²) in [5.41, 5.74) is 1.56. The Bertz CT molecular complexity index is 744. The van der Waals surface area contributed by atoms with E-state index in [1.807, 2.05) is 0 Å². The minimum atomic E-state index is -2.56. The van der Waals surface area contributed by atoms with Gasteiger partial charge < -0.3 is 0 Å². The number of fused-ring (bicyclic) bond motifs is 1. The number of alkyl halides is 2. The van der Waals surface area contributed by atoms with Crippen LogP contribution in [0.4, 0.5) is 8.78 Å². The van der Waals surface area contributed by atoms with Crippen molar-refractivity contribution in [2.24, 2.45) is 14.1 Å². The summed E-state index contributed by atoms with van der Waals surface area (Å²) in [6, 6.07) is 1.39. The van der Waals surface area contributed by atoms with E-state index in [-0.39, 0.29) is 5.56 Å². The third-order valence-corrected chi connectivity index (χ3v) is 2.97. The van der Waals surface area contributed by atoms with E-state index in [4.69, 9.17) is 0 Å². The molecule has 3 aromatic rings. The van der Waals surface area contributed by atoms with E-state index >= 15 is 0 Å². The highest BCUT2D eigenvalue weighted by Gasteiger charge is 2.17. The van der Waals surface area contributed by atoms with Crippen molar-refractivity contribution in [1.82, 2.24) is 24.5 Å². The first-order valence-electron chi connectivity index (χ1n) is 5.66. The molecule has 0 N–H and O–H groups in total. The molecule has 0 unspecified atom stereocenters. The van der Waals surface area contributed by atoms with Crippen molar-refractivity contribution in [3.05, 3.63) is 30.2 Å². The second-order valence-corrected chi connectivity index (χ2v) is 4.31. The Hall–Kier alpha value is -2.31. The van der Waals surface area contributed by atoms with Crippen LogP contribution in [-0.4, -0.2) is 24.5 Å². The van der Waals surface area contributed by atoms with Crippen LogP contribution in [0.5, 0.6) is 0 Å². The molecule has 0 radical (unpaired) electrons. The molecule has 0 aliphatic rings. The van der Waals surface area contributed by atoms with Gasteiger partial charge in [0.25, 0.3) is 6.43 Å². The smallest absolute Gasteiger partial charge is 0.264 e. The van der Waals surface area contributed by atoms with Gasteiger partial charge in [0, 0.05) is 36.8 Å². The summed E-state index contributed by atoms with van der Waals surface area (Å²) in [6.45, 7) is 0. The van der Waals surface area contributed by atoms with Gasteiger partial charge in [-0.1, -0.05) is 0 Å². The molecule has 98 valence electrons. The summed E-state index contributed by atoms with van der Waals surface area (Å²) in [6.07, 6.45) is 2.18. The molecule has 0 atom stereocenters. The summed E-state index contributed by atoms with van der Waals surface area (Å²) < 4.78 is 29.3. The maximum atomic E-state index is 13.1. The van der Waals surface area contributed by atoms with E-state index in [0.717, 1.165) is 0 Å². The molecule has 0 saturated heterocycles. The van der Waals surface area contributed by atoms with Crippen molar-refractivity contribution < 1.29 is 8.78 Å². The quantitative estimate of drug-likeness (QED) is 0.712. The molecule has 0 spiro atoms. The van der Waals surface area contributed by atoms with Crippen LogP contribution in [0.25, 0.3) is 22.3 Å². The topological polar surface area (TPSA) is 48.5 Å². The number of nitrogens with zero attached hydrogens (tertiary/aromatic N) is 5. The lowest BCUT2D eigenvalue weighted by molar-refractivity contribution is 0.153. The third kappa shape index (κ3) is 1.87. The monoisotopic (exact) mass is 263 g/mol. The van der Waals surface area contributed by atoms with Crippen molar-refractivity contribution in [3.8, 4) is 11.3 Å². The van der Waals surface area contributed by atoms with E-state index in [0.29, 0.717) is 22.3 Å². The number of hydrogen-bond acceptors (Lipinski definition) is 3. The van der Waals surface area contributed by atoms with E-state index < -0.39 is 6.43 Å². The minimum Gasteiger partial charge on any atom is -0.275 e. The average molecular weight is 263 g/mol. The molecule has 5 nitrogen and oxygen atoms in total. The normalized spacial score (nSPS) is 11.6. The Morgan fingerprint density at radius 2 is 1.95 bits per heavy atom. The first-order valence-corrected chi connectivity index (χ1v) is 5.66. The predicted octanol–water partition coefficient (Wildman–Crippen LogP) is 2.31. The van der Waals surface area contributed by atoms with Gasteiger partial charge in [0.1, 0.15) is 0 Å². The van der Waals surface area contributed by atoms with Crippen molar-refractivity contribution in [2.45, 2.75) is 6.43 Å². The highest BCUT2D eigenvalue weighted by molar-refractivity contribution is 5.82. The zero-order chi connectivity index (χ0) is 13.6. The highest BCUT2D eigenvalue weighted by Crippen LogP contribution is 2.30. The Morgan fingerprint density at radius 1 is 1.16 bits per heavy atom. The Labute approximate surface area is 107 Å². The molecular weight excluding hydrogens is 252 g/mol. The maximum Gasteiger partial charge on any atom is 0.264 e. The zero-order valence-corrected chi connectivity index (χ0v) is 10.4. The van der Waals surface area contributed by atoms with Crippen molar-refractivity contribution in [2.75, 3.05) is 0 Å². The standard InChI is InChI=1S/C12H11F2N5/c1-18-6-7(4-15-18)10-3-8(11(13)14)9-5-16-19(2)12(9)17-10/h3-6,11H,1-2H3. The summed E-state index contributed by atoms with van der Waals surface area (Å²) in [5, 5.41) is 8.38. The van der Waals surface area contributed by atoms with E-state index in [2.05, 4.69) is 15.2 Å². The molecule has 0 aromatic carbocycles. The molecule has 7 heteroatoms. The van der Waals surface area contributed by atoms with Gasteiger partial charge in [0.2, 0.25) is 0 Å². The molecule has 19 heavy (non-hydrogen) atoms. The minimum absolute atomic E-state index is 0.0584. The summed E-state index contributed by atoms with van der Waals surface area (Å²) in [4.78, 5) is 4.38. The second-order valence-electron chi connectivity index (χ2n) is 4.31. The van der Waals surface area contributed by atoms with Crippen LogP contribution < -0.4 is 0 Å². The van der Waals surface area contributed by atoms with Crippen LogP contribution >= 0.6 is 0 Å². The molecular formula is C12H11F2N5. The van der Waals surface area contributed by atoms with Crippen LogP contribution in [0.1, 0.15) is 12.0 Å². The van der Waals surface area contributed by atoms with Crippen LogP contribution in [0, 0.1) is 0 Å². The zero-order valence-electron chi connectivity index (χ0n) is 10.4. The van der Waals surface area contributed by atoms with Crippen LogP contribution in [0.2, 0.25) is 0 Å². The van der Waals surface area contributed by atoms with Crippen molar-refractivity contribution >= 4 is 11.0 Å². The largest absolute Gasteiger partial charge is 0.275 e. The number of aromatic nitrogens is 5.